The van der Waals surface area contributed by atoms with Crippen LogP contribution < -0.4 is 14.5 Å². The predicted molar refractivity (Wildman–Crippen MR) is 102 cm³/mol. The molecule has 146 valence electrons. The zero-order valence-electron chi connectivity index (χ0n) is 16.0. The fourth-order valence-corrected chi connectivity index (χ4v) is 3.83. The third kappa shape index (κ3) is 4.75. The van der Waals surface area contributed by atoms with E-state index in [4.69, 9.17) is 4.74 Å². The number of imide groups is 1. The molecule has 0 aromatic heterocycles. The van der Waals surface area contributed by atoms with E-state index in [9.17, 15) is 14.4 Å². The summed E-state index contributed by atoms with van der Waals surface area (Å²) in [6.45, 7) is 4.14. The van der Waals surface area contributed by atoms with Crippen molar-refractivity contribution in [3.8, 4) is 5.75 Å². The molecule has 2 amide bonds. The number of ketones is 1. The molecule has 1 aromatic rings. The fraction of sp³-hybridized carbons (Fsp3) is 0.571. The molecule has 0 saturated carbocycles. The Bertz CT molecular complexity index is 676. The van der Waals surface area contributed by atoms with Gasteiger partial charge in [-0.05, 0) is 30.7 Å². The van der Waals surface area contributed by atoms with E-state index in [0.717, 1.165) is 23.5 Å². The van der Waals surface area contributed by atoms with Crippen molar-refractivity contribution >= 4 is 23.3 Å². The van der Waals surface area contributed by atoms with Crippen LogP contribution in [0.5, 0.6) is 5.75 Å². The molecule has 1 atom stereocenters. The minimum atomic E-state index is -0.361. The number of rotatable bonds is 8. The highest BCUT2D eigenvalue weighted by molar-refractivity contribution is 6.21. The number of benzene rings is 1. The number of Topliss-reactive ketones (excluding diaryl/α,β-unsaturated/α-hetero) is 1. The molecule has 2 aliphatic heterocycles. The van der Waals surface area contributed by atoms with Crippen LogP contribution in [0, 0.1) is 0 Å². The number of hydrogen-bond acceptors (Lipinski definition) is 4. The number of likely N-dealkylation sites (tertiary alicyclic amines) is 1. The number of nitrogens with zero attached hydrogens (tertiary/aromatic N) is 1. The molecular formula is C21H29N2O4+. The Balaban J connectivity index is 1.58. The molecule has 0 spiro atoms. The van der Waals surface area contributed by atoms with Gasteiger partial charge in [0.1, 0.15) is 11.5 Å². The summed E-state index contributed by atoms with van der Waals surface area (Å²) in [4.78, 5) is 39.1. The molecule has 6 heteroatoms. The number of piperidine rings is 1. The number of quaternary nitrogens is 1. The summed E-state index contributed by atoms with van der Waals surface area (Å²) in [5.74, 6) is 0.684. The second-order valence-electron chi connectivity index (χ2n) is 7.42. The van der Waals surface area contributed by atoms with Crippen LogP contribution in [-0.2, 0) is 14.4 Å². The fourth-order valence-electron chi connectivity index (χ4n) is 3.83. The van der Waals surface area contributed by atoms with Crippen molar-refractivity contribution < 1.29 is 24.0 Å². The maximum Gasteiger partial charge on any atom is 0.292 e. The predicted octanol–water partition coefficient (Wildman–Crippen LogP) is 1.53. The molecule has 27 heavy (non-hydrogen) atoms. The van der Waals surface area contributed by atoms with Crippen LogP contribution >= 0.6 is 0 Å². The van der Waals surface area contributed by atoms with Crippen LogP contribution in [0.4, 0.5) is 5.69 Å². The normalized spacial score (nSPS) is 21.1. The van der Waals surface area contributed by atoms with Gasteiger partial charge in [-0.2, -0.15) is 0 Å². The van der Waals surface area contributed by atoms with Gasteiger partial charge in [0.05, 0.1) is 44.6 Å². The minimum Gasteiger partial charge on any atom is -0.494 e. The smallest absolute Gasteiger partial charge is 0.292 e. The first-order valence-corrected chi connectivity index (χ1v) is 10.1. The first kappa shape index (κ1) is 19.5. The molecule has 0 radical (unpaired) electrons. The molecule has 0 bridgehead atoms. The molecule has 3 rings (SSSR count). The summed E-state index contributed by atoms with van der Waals surface area (Å²) in [6, 6.07) is 6.81. The molecule has 2 fully saturated rings. The van der Waals surface area contributed by atoms with Gasteiger partial charge in [-0.1, -0.05) is 26.2 Å². The van der Waals surface area contributed by atoms with Crippen LogP contribution in [0.3, 0.4) is 0 Å². The van der Waals surface area contributed by atoms with Gasteiger partial charge in [0.25, 0.3) is 5.91 Å². The summed E-state index contributed by atoms with van der Waals surface area (Å²) in [7, 11) is 0. The average Bonchev–Trinajstić information content (AvgIpc) is 2.97. The van der Waals surface area contributed by atoms with Crippen molar-refractivity contribution in [2.45, 2.75) is 57.9 Å². The van der Waals surface area contributed by atoms with Crippen molar-refractivity contribution in [2.24, 2.45) is 0 Å². The van der Waals surface area contributed by atoms with Gasteiger partial charge in [0.15, 0.2) is 6.04 Å². The number of hydrogen-bond donors (Lipinski definition) is 1. The van der Waals surface area contributed by atoms with E-state index in [2.05, 4.69) is 6.92 Å². The van der Waals surface area contributed by atoms with Gasteiger partial charge >= 0.3 is 0 Å². The lowest BCUT2D eigenvalue weighted by atomic mass is 10.1. The van der Waals surface area contributed by atoms with Crippen molar-refractivity contribution in [1.29, 1.82) is 0 Å². The molecule has 2 heterocycles. The highest BCUT2D eigenvalue weighted by Gasteiger charge is 2.46. The second-order valence-corrected chi connectivity index (χ2v) is 7.42. The molecule has 0 aliphatic carbocycles. The number of unbranched alkanes of at least 4 members (excludes halogenated alkanes) is 3. The van der Waals surface area contributed by atoms with Gasteiger partial charge in [0.2, 0.25) is 5.91 Å². The number of anilines is 1. The van der Waals surface area contributed by atoms with Gasteiger partial charge in [-0.25, -0.2) is 4.90 Å². The van der Waals surface area contributed by atoms with E-state index in [-0.39, 0.29) is 30.1 Å². The Morgan fingerprint density at radius 3 is 2.41 bits per heavy atom. The van der Waals surface area contributed by atoms with Crippen LogP contribution in [0.25, 0.3) is 0 Å². The third-order valence-corrected chi connectivity index (χ3v) is 5.45. The van der Waals surface area contributed by atoms with Crippen LogP contribution in [0.1, 0.15) is 51.9 Å². The quantitative estimate of drug-likeness (QED) is 0.554. The van der Waals surface area contributed by atoms with Crippen molar-refractivity contribution in [1.82, 2.24) is 0 Å². The van der Waals surface area contributed by atoms with Crippen LogP contribution in [-0.4, -0.2) is 43.3 Å². The minimum absolute atomic E-state index is 0.155. The number of nitrogens with one attached hydrogen (secondary N) is 1. The SMILES string of the molecule is CCCCCCOc1ccc(N2C(=O)C[C@@H]([NH+]3CCC(=O)CC3)C2=O)cc1. The van der Waals surface area contributed by atoms with Gasteiger partial charge in [0, 0.05) is 0 Å². The molecule has 2 aliphatic rings. The van der Waals surface area contributed by atoms with Crippen LogP contribution in [0.15, 0.2) is 24.3 Å². The summed E-state index contributed by atoms with van der Waals surface area (Å²) < 4.78 is 5.73. The highest BCUT2D eigenvalue weighted by atomic mass is 16.5. The maximum absolute atomic E-state index is 12.8. The first-order valence-electron chi connectivity index (χ1n) is 10.1. The second kappa shape index (κ2) is 9.13. The molecular weight excluding hydrogens is 344 g/mol. The maximum atomic E-state index is 12.8. The monoisotopic (exact) mass is 373 g/mol. The Morgan fingerprint density at radius 1 is 1.04 bits per heavy atom. The zero-order chi connectivity index (χ0) is 19.2. The molecule has 2 saturated heterocycles. The van der Waals surface area contributed by atoms with Crippen molar-refractivity contribution in [2.75, 3.05) is 24.6 Å². The lowest BCUT2D eigenvalue weighted by molar-refractivity contribution is -0.916. The summed E-state index contributed by atoms with van der Waals surface area (Å²) >= 11 is 0. The van der Waals surface area contributed by atoms with E-state index in [1.165, 1.54) is 17.7 Å². The van der Waals surface area contributed by atoms with Crippen molar-refractivity contribution in [3.63, 3.8) is 0 Å². The van der Waals surface area contributed by atoms with Crippen LogP contribution in [0.2, 0.25) is 0 Å². The molecule has 1 N–H and O–H groups in total. The van der Waals surface area contributed by atoms with E-state index in [1.807, 2.05) is 12.1 Å². The lowest BCUT2D eigenvalue weighted by Crippen LogP contribution is -3.17. The Morgan fingerprint density at radius 2 is 1.74 bits per heavy atom. The molecule has 0 unspecified atom stereocenters. The highest BCUT2D eigenvalue weighted by Crippen LogP contribution is 2.25. The number of ether oxygens (including phenoxy) is 1. The van der Waals surface area contributed by atoms with Gasteiger partial charge < -0.3 is 9.64 Å². The summed E-state index contributed by atoms with van der Waals surface area (Å²) in [5.41, 5.74) is 0.596. The van der Waals surface area contributed by atoms with E-state index in [0.29, 0.717) is 38.2 Å². The van der Waals surface area contributed by atoms with Gasteiger partial charge in [-0.3, -0.25) is 14.4 Å². The number of carbonyl (C=O) groups is 3. The Kier molecular flexibility index (Phi) is 6.61. The van der Waals surface area contributed by atoms with Crippen molar-refractivity contribution in [3.05, 3.63) is 24.3 Å². The Labute approximate surface area is 160 Å². The third-order valence-electron chi connectivity index (χ3n) is 5.45. The largest absolute Gasteiger partial charge is 0.494 e. The zero-order valence-corrected chi connectivity index (χ0v) is 16.0. The first-order chi connectivity index (χ1) is 13.1. The molecule has 1 aromatic carbocycles. The number of carbonyl (C=O) groups excluding carboxylic acids is 3. The topological polar surface area (TPSA) is 68.1 Å². The average molecular weight is 373 g/mol. The summed E-state index contributed by atoms with van der Waals surface area (Å²) in [5, 5.41) is 0. The molecule has 6 nitrogen and oxygen atoms in total. The van der Waals surface area contributed by atoms with E-state index in [1.54, 1.807) is 12.1 Å². The Hall–Kier alpha value is -2.21. The summed E-state index contributed by atoms with van der Waals surface area (Å²) in [6.07, 6.45) is 5.82. The van der Waals surface area contributed by atoms with E-state index >= 15 is 0 Å². The lowest BCUT2D eigenvalue weighted by Gasteiger charge is -2.27. The van der Waals surface area contributed by atoms with E-state index < -0.39 is 0 Å². The van der Waals surface area contributed by atoms with Gasteiger partial charge in [-0.15, -0.1) is 0 Å². The number of amides is 2. The standard InChI is InChI=1S/C21H28N2O4/c1-2-3-4-5-14-27-18-8-6-16(7-9-18)23-20(25)15-19(21(23)26)22-12-10-17(24)11-13-22/h6-9,19H,2-5,10-15H2,1H3/p+1/t19-/m1/s1.